The number of aliphatic carboxylic acids is 1. The number of hydrogen-bond acceptors (Lipinski definition) is 5. The van der Waals surface area contributed by atoms with Crippen LogP contribution in [0.15, 0.2) is 17.3 Å². The molecule has 0 saturated carbocycles. The van der Waals surface area contributed by atoms with Gasteiger partial charge in [-0.25, -0.2) is 8.42 Å². The molecule has 112 valence electrons. The van der Waals surface area contributed by atoms with Gasteiger partial charge < -0.3 is 5.11 Å². The van der Waals surface area contributed by atoms with Crippen LogP contribution in [0.4, 0.5) is 0 Å². The van der Waals surface area contributed by atoms with E-state index in [4.69, 9.17) is 0 Å². The summed E-state index contributed by atoms with van der Waals surface area (Å²) >= 11 is 1.38. The number of carboxylic acid groups (broad SMARTS) is 1. The third kappa shape index (κ3) is 2.57. The largest absolute Gasteiger partial charge is 0.480 e. The molecule has 0 aromatic carbocycles. The van der Waals surface area contributed by atoms with E-state index in [0.29, 0.717) is 6.42 Å². The van der Waals surface area contributed by atoms with Crippen molar-refractivity contribution in [3.05, 3.63) is 12.3 Å². The monoisotopic (exact) mass is 319 g/mol. The highest BCUT2D eigenvalue weighted by Crippen LogP contribution is 2.36. The van der Waals surface area contributed by atoms with Crippen molar-refractivity contribution < 1.29 is 18.3 Å². The molecule has 1 aromatic heterocycles. The Kier molecular flexibility index (Phi) is 4.40. The van der Waals surface area contributed by atoms with Gasteiger partial charge in [0.2, 0.25) is 0 Å². The fourth-order valence-electron chi connectivity index (χ4n) is 2.23. The van der Waals surface area contributed by atoms with Crippen molar-refractivity contribution in [1.29, 1.82) is 0 Å². The van der Waals surface area contributed by atoms with Crippen molar-refractivity contribution in [3.8, 4) is 0 Å². The molecule has 1 N–H and O–H groups in total. The molecular formula is C11H17N3O4S2. The zero-order chi connectivity index (χ0) is 14.9. The summed E-state index contributed by atoms with van der Waals surface area (Å²) in [7, 11) is -2.33. The first kappa shape index (κ1) is 15.3. The van der Waals surface area contributed by atoms with E-state index >= 15 is 0 Å². The quantitative estimate of drug-likeness (QED) is 0.860. The van der Waals surface area contributed by atoms with Gasteiger partial charge in [0.1, 0.15) is 6.04 Å². The lowest BCUT2D eigenvalue weighted by Gasteiger charge is -2.26. The fourth-order valence-corrected chi connectivity index (χ4v) is 6.00. The molecule has 0 amide bonds. The minimum Gasteiger partial charge on any atom is -0.480 e. The van der Waals surface area contributed by atoms with Crippen molar-refractivity contribution in [2.45, 2.75) is 36.2 Å². The second kappa shape index (κ2) is 5.74. The Morgan fingerprint density at radius 1 is 1.60 bits per heavy atom. The first-order valence-corrected chi connectivity index (χ1v) is 8.74. The van der Waals surface area contributed by atoms with E-state index in [0.717, 1.165) is 10.7 Å². The van der Waals surface area contributed by atoms with Gasteiger partial charge in [-0.05, 0) is 12.5 Å². The number of nitrogens with zero attached hydrogens (tertiary/aromatic N) is 3. The van der Waals surface area contributed by atoms with Crippen molar-refractivity contribution in [3.63, 3.8) is 0 Å². The average Bonchev–Trinajstić information content (AvgIpc) is 2.96. The van der Waals surface area contributed by atoms with Crippen LogP contribution in [0.1, 0.15) is 19.8 Å². The van der Waals surface area contributed by atoms with Gasteiger partial charge in [-0.2, -0.15) is 9.40 Å². The molecule has 20 heavy (non-hydrogen) atoms. The second-order valence-corrected chi connectivity index (χ2v) is 7.56. The standard InChI is InChI=1S/C11H17N3O4S2/c1-3-4-9-14(8(7-19-9)11(15)16)20(17,18)10-5-6-12-13(10)2/h5-6,8-9H,3-4,7H2,1-2H3,(H,15,16). The van der Waals surface area contributed by atoms with Gasteiger partial charge in [0.15, 0.2) is 5.03 Å². The molecule has 2 unspecified atom stereocenters. The minimum atomic E-state index is -3.86. The Bertz CT molecular complexity index is 599. The summed E-state index contributed by atoms with van der Waals surface area (Å²) in [4.78, 5) is 11.3. The van der Waals surface area contributed by atoms with Crippen LogP contribution in [0.25, 0.3) is 0 Å². The van der Waals surface area contributed by atoms with Crippen molar-refractivity contribution in [1.82, 2.24) is 14.1 Å². The molecule has 2 atom stereocenters. The van der Waals surface area contributed by atoms with Gasteiger partial charge in [0, 0.05) is 12.8 Å². The van der Waals surface area contributed by atoms with Crippen LogP contribution in [0, 0.1) is 0 Å². The zero-order valence-electron chi connectivity index (χ0n) is 11.3. The van der Waals surface area contributed by atoms with E-state index in [1.807, 2.05) is 6.92 Å². The third-order valence-corrected chi connectivity index (χ3v) is 6.66. The fraction of sp³-hybridized carbons (Fsp3) is 0.636. The summed E-state index contributed by atoms with van der Waals surface area (Å²) in [6.45, 7) is 1.95. The summed E-state index contributed by atoms with van der Waals surface area (Å²) in [5.41, 5.74) is 0. The number of aromatic nitrogens is 2. The molecule has 0 bridgehead atoms. The topological polar surface area (TPSA) is 92.5 Å². The van der Waals surface area contributed by atoms with E-state index in [1.165, 1.54) is 35.8 Å². The predicted octanol–water partition coefficient (Wildman–Crippen LogP) is 0.737. The van der Waals surface area contributed by atoms with Crippen LogP contribution in [-0.2, 0) is 21.9 Å². The Balaban J connectivity index is 2.44. The maximum atomic E-state index is 12.7. The lowest BCUT2D eigenvalue weighted by atomic mass is 10.3. The van der Waals surface area contributed by atoms with Crippen LogP contribution in [0.3, 0.4) is 0 Å². The summed E-state index contributed by atoms with van der Waals surface area (Å²) in [6, 6.07) is 0.372. The first-order chi connectivity index (χ1) is 9.39. The van der Waals surface area contributed by atoms with Gasteiger partial charge in [-0.3, -0.25) is 9.48 Å². The van der Waals surface area contributed by atoms with Crippen LogP contribution >= 0.6 is 11.8 Å². The number of thioether (sulfide) groups is 1. The molecule has 0 radical (unpaired) electrons. The number of hydrogen-bond donors (Lipinski definition) is 1. The summed E-state index contributed by atoms with van der Waals surface area (Å²) in [5, 5.41) is 12.8. The maximum absolute atomic E-state index is 12.7. The zero-order valence-corrected chi connectivity index (χ0v) is 12.9. The summed E-state index contributed by atoms with van der Waals surface area (Å²) in [5.74, 6) is -0.835. The van der Waals surface area contributed by atoms with Crippen molar-refractivity contribution in [2.24, 2.45) is 7.05 Å². The van der Waals surface area contributed by atoms with Gasteiger partial charge in [-0.1, -0.05) is 13.3 Å². The molecule has 2 heterocycles. The first-order valence-electron chi connectivity index (χ1n) is 6.25. The lowest BCUT2D eigenvalue weighted by molar-refractivity contribution is -0.140. The number of carboxylic acids is 1. The van der Waals surface area contributed by atoms with Gasteiger partial charge in [0.25, 0.3) is 10.0 Å². The molecule has 1 aliphatic rings. The molecule has 1 fully saturated rings. The molecule has 0 aliphatic carbocycles. The van der Waals surface area contributed by atoms with E-state index in [2.05, 4.69) is 5.10 Å². The van der Waals surface area contributed by atoms with E-state index in [9.17, 15) is 18.3 Å². The van der Waals surface area contributed by atoms with Gasteiger partial charge >= 0.3 is 5.97 Å². The Hall–Kier alpha value is -1.06. The maximum Gasteiger partial charge on any atom is 0.322 e. The molecule has 0 spiro atoms. The van der Waals surface area contributed by atoms with E-state index in [-0.39, 0.29) is 16.2 Å². The molecule has 1 aromatic rings. The summed E-state index contributed by atoms with van der Waals surface area (Å²) in [6.07, 6.45) is 2.81. The van der Waals surface area contributed by atoms with Crippen LogP contribution in [0.2, 0.25) is 0 Å². The number of rotatable bonds is 5. The molecule has 7 nitrogen and oxygen atoms in total. The number of sulfonamides is 1. The predicted molar refractivity (Wildman–Crippen MR) is 74.8 cm³/mol. The van der Waals surface area contributed by atoms with Crippen molar-refractivity contribution >= 4 is 27.8 Å². The molecule has 1 saturated heterocycles. The third-order valence-electron chi connectivity index (χ3n) is 3.18. The Morgan fingerprint density at radius 2 is 2.30 bits per heavy atom. The molecule has 2 rings (SSSR count). The lowest BCUT2D eigenvalue weighted by Crippen LogP contribution is -2.45. The van der Waals surface area contributed by atoms with Crippen molar-refractivity contribution in [2.75, 3.05) is 5.75 Å². The van der Waals surface area contributed by atoms with E-state index in [1.54, 1.807) is 0 Å². The Labute approximate surface area is 122 Å². The second-order valence-electron chi connectivity index (χ2n) is 4.56. The summed E-state index contributed by atoms with van der Waals surface area (Å²) < 4.78 is 27.8. The Morgan fingerprint density at radius 3 is 2.80 bits per heavy atom. The smallest absolute Gasteiger partial charge is 0.322 e. The molecule has 9 heteroatoms. The highest BCUT2D eigenvalue weighted by atomic mass is 32.2. The number of aryl methyl sites for hydroxylation is 1. The molecular weight excluding hydrogens is 302 g/mol. The van der Waals surface area contributed by atoms with Gasteiger partial charge in [-0.15, -0.1) is 11.8 Å². The normalized spacial score (nSPS) is 24.1. The highest BCUT2D eigenvalue weighted by molar-refractivity contribution is 8.01. The highest BCUT2D eigenvalue weighted by Gasteiger charge is 2.46. The van der Waals surface area contributed by atoms with Crippen LogP contribution < -0.4 is 0 Å². The van der Waals surface area contributed by atoms with E-state index < -0.39 is 22.0 Å². The number of carbonyl (C=O) groups is 1. The van der Waals surface area contributed by atoms with Gasteiger partial charge in [0.05, 0.1) is 11.6 Å². The average molecular weight is 319 g/mol. The molecule has 1 aliphatic heterocycles. The van der Waals surface area contributed by atoms with Crippen LogP contribution in [0.5, 0.6) is 0 Å². The minimum absolute atomic E-state index is 0.0207. The SMILES string of the molecule is CCCC1SCC(C(=O)O)N1S(=O)(=O)c1ccnn1C. The van der Waals surface area contributed by atoms with Crippen LogP contribution in [-0.4, -0.2) is 50.7 Å².